The van der Waals surface area contributed by atoms with Crippen LogP contribution in [0.1, 0.15) is 22.5 Å². The molecule has 1 amide bonds. The highest BCUT2D eigenvalue weighted by atomic mass is 16.5. The van der Waals surface area contributed by atoms with Crippen LogP contribution in [0, 0.1) is 6.92 Å². The zero-order chi connectivity index (χ0) is 16.7. The average Bonchev–Trinajstić information content (AvgIpc) is 3.32. The minimum atomic E-state index is -0.0286. The van der Waals surface area contributed by atoms with Gasteiger partial charge in [-0.3, -0.25) is 4.79 Å². The Morgan fingerprint density at radius 1 is 1.46 bits per heavy atom. The van der Waals surface area contributed by atoms with Crippen molar-refractivity contribution in [3.05, 3.63) is 36.1 Å². The van der Waals surface area contributed by atoms with E-state index < -0.39 is 0 Å². The van der Waals surface area contributed by atoms with Crippen LogP contribution in [0.5, 0.6) is 0 Å². The summed E-state index contributed by atoms with van der Waals surface area (Å²) in [5.41, 5.74) is 1.35. The van der Waals surface area contributed by atoms with E-state index in [2.05, 4.69) is 25.0 Å². The van der Waals surface area contributed by atoms with E-state index in [9.17, 15) is 4.79 Å². The summed E-state index contributed by atoms with van der Waals surface area (Å²) in [4.78, 5) is 28.3. The van der Waals surface area contributed by atoms with Crippen LogP contribution in [0.15, 0.2) is 29.3 Å². The van der Waals surface area contributed by atoms with Crippen LogP contribution in [0.3, 0.4) is 0 Å². The highest BCUT2D eigenvalue weighted by molar-refractivity contribution is 5.95. The molecule has 1 aliphatic heterocycles. The number of anilines is 1. The number of carbonyl (C=O) groups excluding carboxylic acids is 1. The maximum absolute atomic E-state index is 12.6. The molecule has 0 spiro atoms. The van der Waals surface area contributed by atoms with Crippen molar-refractivity contribution in [2.75, 3.05) is 25.0 Å². The molecule has 3 aromatic heterocycles. The highest BCUT2D eigenvalue weighted by Gasteiger charge is 2.32. The smallest absolute Gasteiger partial charge is 0.259 e. The van der Waals surface area contributed by atoms with Crippen molar-refractivity contribution >= 4 is 22.8 Å². The maximum atomic E-state index is 12.6. The number of likely N-dealkylation sites (tertiary alicyclic amines) is 1. The van der Waals surface area contributed by atoms with Crippen LogP contribution in [0.4, 0.5) is 5.82 Å². The summed E-state index contributed by atoms with van der Waals surface area (Å²) in [7, 11) is 2.01. The molecule has 1 atom stereocenters. The standard InChI is InChI=1S/C16H18N6O2/c1-10-13(7-20-24-10)16(23)22-6-4-11(8-22)21(2)15-12-3-5-17-14(12)18-9-19-15/h3,5,7,9,11H,4,6,8H2,1-2H3,(H,17,18,19). The fourth-order valence-electron chi connectivity index (χ4n) is 3.23. The largest absolute Gasteiger partial charge is 0.361 e. The second-order valence-corrected chi connectivity index (χ2v) is 6.04. The third-order valence-corrected chi connectivity index (χ3v) is 4.65. The normalized spacial score (nSPS) is 17.6. The van der Waals surface area contributed by atoms with E-state index in [4.69, 9.17) is 4.52 Å². The monoisotopic (exact) mass is 326 g/mol. The van der Waals surface area contributed by atoms with Crippen molar-refractivity contribution in [1.82, 2.24) is 25.0 Å². The van der Waals surface area contributed by atoms with Gasteiger partial charge in [0.1, 0.15) is 29.1 Å². The molecule has 1 saturated heterocycles. The fraction of sp³-hybridized carbons (Fsp3) is 0.375. The van der Waals surface area contributed by atoms with Gasteiger partial charge in [0.25, 0.3) is 5.91 Å². The lowest BCUT2D eigenvalue weighted by molar-refractivity contribution is 0.0789. The Labute approximate surface area is 138 Å². The van der Waals surface area contributed by atoms with E-state index in [1.54, 1.807) is 13.3 Å². The summed E-state index contributed by atoms with van der Waals surface area (Å²) >= 11 is 0. The van der Waals surface area contributed by atoms with Gasteiger partial charge in [0.05, 0.1) is 11.6 Å². The van der Waals surface area contributed by atoms with Crippen LogP contribution < -0.4 is 4.90 Å². The van der Waals surface area contributed by atoms with E-state index in [0.29, 0.717) is 24.4 Å². The number of hydrogen-bond acceptors (Lipinski definition) is 6. The molecule has 1 unspecified atom stereocenters. The van der Waals surface area contributed by atoms with Crippen LogP contribution >= 0.6 is 0 Å². The number of aromatic nitrogens is 4. The lowest BCUT2D eigenvalue weighted by Crippen LogP contribution is -2.37. The number of nitrogens with one attached hydrogen (secondary N) is 1. The van der Waals surface area contributed by atoms with E-state index in [0.717, 1.165) is 23.3 Å². The van der Waals surface area contributed by atoms with Crippen molar-refractivity contribution in [3.63, 3.8) is 0 Å². The molecule has 1 aliphatic rings. The molecule has 24 heavy (non-hydrogen) atoms. The van der Waals surface area contributed by atoms with Gasteiger partial charge in [-0.05, 0) is 19.4 Å². The first-order valence-electron chi connectivity index (χ1n) is 7.86. The summed E-state index contributed by atoms with van der Waals surface area (Å²) in [5, 5.41) is 4.68. The minimum absolute atomic E-state index is 0.0286. The molecule has 4 rings (SSSR count). The third kappa shape index (κ3) is 2.31. The molecule has 0 aliphatic carbocycles. The molecule has 0 saturated carbocycles. The van der Waals surface area contributed by atoms with Crippen molar-refractivity contribution in [2.45, 2.75) is 19.4 Å². The first-order chi connectivity index (χ1) is 11.6. The van der Waals surface area contributed by atoms with Gasteiger partial charge in [0.15, 0.2) is 0 Å². The van der Waals surface area contributed by atoms with Crippen molar-refractivity contribution < 1.29 is 9.32 Å². The van der Waals surface area contributed by atoms with Gasteiger partial charge in [0, 0.05) is 32.4 Å². The maximum Gasteiger partial charge on any atom is 0.259 e. The average molecular weight is 326 g/mol. The van der Waals surface area contributed by atoms with Gasteiger partial charge < -0.3 is 19.3 Å². The van der Waals surface area contributed by atoms with Crippen LogP contribution in [0.2, 0.25) is 0 Å². The van der Waals surface area contributed by atoms with E-state index in [-0.39, 0.29) is 11.9 Å². The zero-order valence-electron chi connectivity index (χ0n) is 13.6. The molecule has 124 valence electrons. The van der Waals surface area contributed by atoms with Crippen LogP contribution in [-0.4, -0.2) is 57.1 Å². The summed E-state index contributed by atoms with van der Waals surface area (Å²) in [6, 6.07) is 2.18. The number of nitrogens with zero attached hydrogens (tertiary/aromatic N) is 5. The van der Waals surface area contributed by atoms with E-state index >= 15 is 0 Å². The Morgan fingerprint density at radius 2 is 2.33 bits per heavy atom. The molecule has 0 aromatic carbocycles. The van der Waals surface area contributed by atoms with Gasteiger partial charge in [-0.1, -0.05) is 5.16 Å². The number of aromatic amines is 1. The molecule has 8 heteroatoms. The Bertz CT molecular complexity index is 885. The van der Waals surface area contributed by atoms with Crippen molar-refractivity contribution in [2.24, 2.45) is 0 Å². The van der Waals surface area contributed by atoms with Crippen molar-refractivity contribution in [1.29, 1.82) is 0 Å². The van der Waals surface area contributed by atoms with Crippen molar-refractivity contribution in [3.8, 4) is 0 Å². The minimum Gasteiger partial charge on any atom is -0.361 e. The molecular formula is C16H18N6O2. The first kappa shape index (κ1) is 14.7. The van der Waals surface area contributed by atoms with Gasteiger partial charge in [-0.2, -0.15) is 0 Å². The molecule has 0 radical (unpaired) electrons. The fourth-order valence-corrected chi connectivity index (χ4v) is 3.23. The van der Waals surface area contributed by atoms with Gasteiger partial charge in [-0.25, -0.2) is 9.97 Å². The van der Waals surface area contributed by atoms with Gasteiger partial charge >= 0.3 is 0 Å². The number of rotatable bonds is 3. The number of hydrogen-bond donors (Lipinski definition) is 1. The number of H-pyrrole nitrogens is 1. The molecule has 4 heterocycles. The lowest BCUT2D eigenvalue weighted by atomic mass is 10.2. The Morgan fingerprint density at radius 3 is 3.12 bits per heavy atom. The van der Waals surface area contributed by atoms with Gasteiger partial charge in [0.2, 0.25) is 0 Å². The lowest BCUT2D eigenvalue weighted by Gasteiger charge is -2.26. The molecule has 1 fully saturated rings. The summed E-state index contributed by atoms with van der Waals surface area (Å²) in [5.74, 6) is 1.41. The second-order valence-electron chi connectivity index (χ2n) is 6.04. The number of fused-ring (bicyclic) bond motifs is 1. The van der Waals surface area contributed by atoms with Gasteiger partial charge in [-0.15, -0.1) is 0 Å². The second kappa shape index (κ2) is 5.63. The molecule has 3 aromatic rings. The third-order valence-electron chi connectivity index (χ3n) is 4.65. The number of carbonyl (C=O) groups is 1. The van der Waals surface area contributed by atoms with Crippen LogP contribution in [-0.2, 0) is 0 Å². The summed E-state index contributed by atoms with van der Waals surface area (Å²) in [6.07, 6.45) is 5.80. The quantitative estimate of drug-likeness (QED) is 0.786. The summed E-state index contributed by atoms with van der Waals surface area (Å²) in [6.45, 7) is 3.11. The van der Waals surface area contributed by atoms with Crippen LogP contribution in [0.25, 0.3) is 11.0 Å². The van der Waals surface area contributed by atoms with E-state index in [1.165, 1.54) is 6.20 Å². The summed E-state index contributed by atoms with van der Waals surface area (Å²) < 4.78 is 5.00. The highest BCUT2D eigenvalue weighted by Crippen LogP contribution is 2.26. The predicted molar refractivity (Wildman–Crippen MR) is 87.8 cm³/mol. The Hall–Kier alpha value is -2.90. The first-order valence-corrected chi connectivity index (χ1v) is 7.86. The predicted octanol–water partition coefficient (Wildman–Crippen LogP) is 1.61. The Balaban J connectivity index is 1.53. The molecule has 8 nitrogen and oxygen atoms in total. The molecule has 1 N–H and O–H groups in total. The zero-order valence-corrected chi connectivity index (χ0v) is 13.6. The molecule has 0 bridgehead atoms. The Kier molecular flexibility index (Phi) is 3.44. The topological polar surface area (TPSA) is 91.2 Å². The molecular weight excluding hydrogens is 308 g/mol. The number of likely N-dealkylation sites (N-methyl/N-ethyl adjacent to an activating group) is 1. The number of amides is 1. The number of aryl methyl sites for hydroxylation is 1. The van der Waals surface area contributed by atoms with E-state index in [1.807, 2.05) is 24.2 Å². The SMILES string of the molecule is Cc1oncc1C(=O)N1CCC(N(C)c2ncnc3[nH]ccc23)C1.